The minimum Gasteiger partial charge on any atom is -0.447 e. The lowest BCUT2D eigenvalue weighted by Gasteiger charge is -2.13. The van der Waals surface area contributed by atoms with Crippen molar-refractivity contribution in [1.82, 2.24) is 24.9 Å². The van der Waals surface area contributed by atoms with Crippen LogP contribution in [0.25, 0.3) is 22.9 Å². The highest BCUT2D eigenvalue weighted by atomic mass is 19.1. The van der Waals surface area contributed by atoms with Crippen LogP contribution in [0, 0.1) is 5.82 Å². The number of nitrogens with zero attached hydrogens (tertiary/aromatic N) is 6. The summed E-state index contributed by atoms with van der Waals surface area (Å²) in [5.41, 5.74) is 8.44. The van der Waals surface area contributed by atoms with Crippen molar-refractivity contribution in [2.75, 3.05) is 23.8 Å². The van der Waals surface area contributed by atoms with E-state index < -0.39 is 6.09 Å². The van der Waals surface area contributed by atoms with E-state index >= 15 is 0 Å². The molecule has 1 amide bonds. The number of carbonyl (C=O) groups excluding carboxylic acids is 1. The van der Waals surface area contributed by atoms with E-state index in [0.717, 1.165) is 0 Å². The summed E-state index contributed by atoms with van der Waals surface area (Å²) in [6.45, 7) is 0.822. The van der Waals surface area contributed by atoms with Gasteiger partial charge in [-0.25, -0.2) is 19.2 Å². The van der Waals surface area contributed by atoms with E-state index in [1.165, 1.54) is 23.4 Å². The number of benzene rings is 1. The molecule has 0 saturated carbocycles. The van der Waals surface area contributed by atoms with E-state index in [9.17, 15) is 9.18 Å². The molecule has 11 heteroatoms. The van der Waals surface area contributed by atoms with Crippen molar-refractivity contribution in [2.24, 2.45) is 0 Å². The molecule has 0 atom stereocenters. The second kappa shape index (κ2) is 7.52. The SMILES string of the molecule is Nc1nc(-c2cc(-c3ccon3)n(Cc3ccccc3F)n2)ncc1N1CCOC1=O. The van der Waals surface area contributed by atoms with E-state index in [1.54, 1.807) is 35.0 Å². The lowest BCUT2D eigenvalue weighted by molar-refractivity contribution is 0.181. The van der Waals surface area contributed by atoms with Crippen molar-refractivity contribution in [1.29, 1.82) is 0 Å². The highest BCUT2D eigenvalue weighted by Crippen LogP contribution is 2.28. The van der Waals surface area contributed by atoms with Crippen LogP contribution in [0.2, 0.25) is 0 Å². The number of ether oxygens (including phenoxy) is 1. The van der Waals surface area contributed by atoms with Gasteiger partial charge in [-0.05, 0) is 12.1 Å². The fourth-order valence-electron chi connectivity index (χ4n) is 3.32. The van der Waals surface area contributed by atoms with Crippen LogP contribution in [0.3, 0.4) is 0 Å². The molecule has 4 aromatic rings. The maximum Gasteiger partial charge on any atom is 0.414 e. The Labute approximate surface area is 175 Å². The summed E-state index contributed by atoms with van der Waals surface area (Å²) in [7, 11) is 0. The predicted octanol–water partition coefficient (Wildman–Crippen LogP) is 2.72. The molecule has 31 heavy (non-hydrogen) atoms. The van der Waals surface area contributed by atoms with Gasteiger partial charge in [0, 0.05) is 11.6 Å². The molecule has 0 radical (unpaired) electrons. The largest absolute Gasteiger partial charge is 0.447 e. The maximum atomic E-state index is 14.2. The van der Waals surface area contributed by atoms with Gasteiger partial charge in [0.1, 0.15) is 35.8 Å². The molecule has 0 bridgehead atoms. The van der Waals surface area contributed by atoms with Crippen LogP contribution in [0.15, 0.2) is 53.4 Å². The lowest BCUT2D eigenvalue weighted by Crippen LogP contribution is -2.25. The van der Waals surface area contributed by atoms with Crippen LogP contribution in [0.1, 0.15) is 5.56 Å². The third kappa shape index (κ3) is 3.45. The zero-order valence-corrected chi connectivity index (χ0v) is 16.1. The molecule has 156 valence electrons. The summed E-state index contributed by atoms with van der Waals surface area (Å²) < 4.78 is 25.7. The maximum absolute atomic E-state index is 14.2. The molecule has 1 aromatic carbocycles. The number of hydrogen-bond donors (Lipinski definition) is 1. The molecule has 1 fully saturated rings. The molecule has 0 spiro atoms. The molecule has 3 aromatic heterocycles. The first-order valence-electron chi connectivity index (χ1n) is 9.39. The number of aromatic nitrogens is 5. The summed E-state index contributed by atoms with van der Waals surface area (Å²) in [6.07, 6.45) is 2.40. The van der Waals surface area contributed by atoms with Crippen molar-refractivity contribution >= 4 is 17.6 Å². The lowest BCUT2D eigenvalue weighted by atomic mass is 10.2. The van der Waals surface area contributed by atoms with Gasteiger partial charge in [-0.1, -0.05) is 23.4 Å². The molecule has 2 N–H and O–H groups in total. The Balaban J connectivity index is 1.53. The first-order valence-corrected chi connectivity index (χ1v) is 9.39. The Morgan fingerprint density at radius 2 is 2.06 bits per heavy atom. The quantitative estimate of drug-likeness (QED) is 0.521. The third-order valence-corrected chi connectivity index (χ3v) is 4.84. The van der Waals surface area contributed by atoms with Crippen molar-refractivity contribution in [3.8, 4) is 22.9 Å². The molecule has 1 aliphatic heterocycles. The number of cyclic esters (lactones) is 1. The number of nitrogen functional groups attached to an aromatic ring is 1. The summed E-state index contributed by atoms with van der Waals surface area (Å²) in [4.78, 5) is 21.8. The van der Waals surface area contributed by atoms with E-state index in [0.29, 0.717) is 34.9 Å². The molecule has 1 saturated heterocycles. The Hall–Kier alpha value is -4.28. The number of anilines is 2. The predicted molar refractivity (Wildman–Crippen MR) is 107 cm³/mol. The summed E-state index contributed by atoms with van der Waals surface area (Å²) >= 11 is 0. The second-order valence-corrected chi connectivity index (χ2v) is 6.78. The highest BCUT2D eigenvalue weighted by molar-refractivity contribution is 5.92. The van der Waals surface area contributed by atoms with Gasteiger partial charge in [-0.2, -0.15) is 5.10 Å². The zero-order valence-electron chi connectivity index (χ0n) is 16.1. The topological polar surface area (TPSA) is 125 Å². The summed E-state index contributed by atoms with van der Waals surface area (Å²) in [5.74, 6) is 0.0364. The molecule has 0 unspecified atom stereocenters. The number of carbonyl (C=O) groups is 1. The molecule has 0 aliphatic carbocycles. The van der Waals surface area contributed by atoms with Crippen molar-refractivity contribution < 1.29 is 18.4 Å². The van der Waals surface area contributed by atoms with E-state index in [-0.39, 0.29) is 30.6 Å². The minimum atomic E-state index is -0.495. The van der Waals surface area contributed by atoms with Crippen molar-refractivity contribution in [3.05, 3.63) is 60.2 Å². The Morgan fingerprint density at radius 3 is 2.77 bits per heavy atom. The summed E-state index contributed by atoms with van der Waals surface area (Å²) in [5, 5.41) is 8.50. The van der Waals surface area contributed by atoms with Crippen molar-refractivity contribution in [3.63, 3.8) is 0 Å². The monoisotopic (exact) mass is 421 g/mol. The summed E-state index contributed by atoms with van der Waals surface area (Å²) in [6, 6.07) is 9.85. The standard InChI is InChI=1S/C20H16FN7O3/c21-13-4-2-1-3-12(13)11-28-16(14-5-7-31-26-14)9-15(25-28)19-23-10-17(18(22)24-19)27-6-8-30-20(27)29/h1-5,7,9-10H,6,8,11H2,(H2,22,23,24). The molecule has 1 aliphatic rings. The van der Waals surface area contributed by atoms with Gasteiger partial charge in [0.05, 0.1) is 25.0 Å². The fraction of sp³-hybridized carbons (Fsp3) is 0.150. The van der Waals surface area contributed by atoms with Crippen LogP contribution in [-0.2, 0) is 11.3 Å². The van der Waals surface area contributed by atoms with Crippen LogP contribution >= 0.6 is 0 Å². The Bertz CT molecular complexity index is 1260. The molecule has 4 heterocycles. The number of hydrogen-bond acceptors (Lipinski definition) is 8. The van der Waals surface area contributed by atoms with Gasteiger partial charge in [-0.3, -0.25) is 9.58 Å². The van der Waals surface area contributed by atoms with Gasteiger partial charge in [0.2, 0.25) is 0 Å². The highest BCUT2D eigenvalue weighted by Gasteiger charge is 2.27. The van der Waals surface area contributed by atoms with Gasteiger partial charge in [0.25, 0.3) is 0 Å². The van der Waals surface area contributed by atoms with Crippen LogP contribution in [0.5, 0.6) is 0 Å². The average Bonchev–Trinajstić information content (AvgIpc) is 3.51. The fourth-order valence-corrected chi connectivity index (χ4v) is 3.32. The normalized spacial score (nSPS) is 13.6. The van der Waals surface area contributed by atoms with Crippen LogP contribution in [-0.4, -0.2) is 44.1 Å². The van der Waals surface area contributed by atoms with Gasteiger partial charge in [-0.15, -0.1) is 0 Å². The van der Waals surface area contributed by atoms with Gasteiger partial charge >= 0.3 is 6.09 Å². The molecular weight excluding hydrogens is 405 g/mol. The Kier molecular flexibility index (Phi) is 4.54. The van der Waals surface area contributed by atoms with E-state index in [2.05, 4.69) is 20.2 Å². The van der Waals surface area contributed by atoms with Crippen molar-refractivity contribution in [2.45, 2.75) is 6.54 Å². The first kappa shape index (κ1) is 18.7. The molecule has 10 nitrogen and oxygen atoms in total. The number of amides is 1. The van der Waals surface area contributed by atoms with Crippen LogP contribution < -0.4 is 10.6 Å². The van der Waals surface area contributed by atoms with Crippen LogP contribution in [0.4, 0.5) is 20.7 Å². The minimum absolute atomic E-state index is 0.121. The smallest absolute Gasteiger partial charge is 0.414 e. The first-order chi connectivity index (χ1) is 15.1. The third-order valence-electron chi connectivity index (χ3n) is 4.84. The number of nitrogens with two attached hydrogens (primary N) is 1. The number of rotatable bonds is 5. The average molecular weight is 421 g/mol. The molecule has 5 rings (SSSR count). The Morgan fingerprint density at radius 1 is 1.19 bits per heavy atom. The number of halogens is 1. The van der Waals surface area contributed by atoms with Gasteiger partial charge in [0.15, 0.2) is 11.6 Å². The second-order valence-electron chi connectivity index (χ2n) is 6.78. The molecular formula is C20H16FN7O3. The van der Waals surface area contributed by atoms with Gasteiger partial charge < -0.3 is 15.0 Å². The van der Waals surface area contributed by atoms with E-state index in [4.69, 9.17) is 15.0 Å². The van der Waals surface area contributed by atoms with E-state index in [1.807, 2.05) is 0 Å². The zero-order chi connectivity index (χ0) is 21.4.